The molecule has 0 rings (SSSR count). The maximum Gasteiger partial charge on any atom is 0.0785 e. The van der Waals surface area contributed by atoms with Crippen LogP contribution in [0.2, 0.25) is 0 Å². The van der Waals surface area contributed by atoms with E-state index < -0.39 is 6.10 Å². The highest BCUT2D eigenvalue weighted by molar-refractivity contribution is 4.53. The van der Waals surface area contributed by atoms with Gasteiger partial charge < -0.3 is 19.7 Å². The molecule has 80 valence electrons. The lowest BCUT2D eigenvalue weighted by molar-refractivity contribution is -0.0678. The number of aliphatic hydroxyl groups is 2. The van der Waals surface area contributed by atoms with Crippen molar-refractivity contribution in [2.24, 2.45) is 0 Å². The van der Waals surface area contributed by atoms with Crippen molar-refractivity contribution >= 4 is 0 Å². The molecular formula is C9H20O4. The van der Waals surface area contributed by atoms with Crippen molar-refractivity contribution in [2.75, 3.05) is 19.8 Å². The first-order chi connectivity index (χ1) is 6.06. The molecule has 0 fully saturated rings. The minimum Gasteiger partial charge on any atom is -0.394 e. The highest BCUT2D eigenvalue weighted by atomic mass is 16.5. The molecule has 0 radical (unpaired) electrons. The van der Waals surface area contributed by atoms with E-state index >= 15 is 0 Å². The fraction of sp³-hybridized carbons (Fsp3) is 1.00. The quantitative estimate of drug-likeness (QED) is 0.603. The van der Waals surface area contributed by atoms with E-state index in [1.165, 1.54) is 0 Å². The lowest BCUT2D eigenvalue weighted by Crippen LogP contribution is -2.25. The third kappa shape index (κ3) is 8.18. The largest absolute Gasteiger partial charge is 0.394 e. The lowest BCUT2D eigenvalue weighted by Gasteiger charge is -2.17. The summed E-state index contributed by atoms with van der Waals surface area (Å²) in [4.78, 5) is 0. The number of ether oxygens (including phenoxy) is 2. The van der Waals surface area contributed by atoms with Crippen molar-refractivity contribution in [3.8, 4) is 0 Å². The molecule has 13 heavy (non-hydrogen) atoms. The molecule has 0 aliphatic carbocycles. The van der Waals surface area contributed by atoms with Gasteiger partial charge in [-0.2, -0.15) is 0 Å². The average molecular weight is 192 g/mol. The Kier molecular flexibility index (Phi) is 7.17. The first-order valence-electron chi connectivity index (χ1n) is 4.58. The third-order valence-electron chi connectivity index (χ3n) is 1.43. The van der Waals surface area contributed by atoms with E-state index in [9.17, 15) is 0 Å². The maximum absolute atomic E-state index is 8.89. The predicted molar refractivity (Wildman–Crippen MR) is 49.6 cm³/mol. The number of aliphatic hydroxyl groups excluding tert-OH is 2. The van der Waals surface area contributed by atoms with E-state index in [1.54, 1.807) is 13.8 Å². The van der Waals surface area contributed by atoms with Gasteiger partial charge in [-0.1, -0.05) is 0 Å². The van der Waals surface area contributed by atoms with Crippen molar-refractivity contribution in [2.45, 2.75) is 39.1 Å². The van der Waals surface area contributed by atoms with Crippen LogP contribution in [0, 0.1) is 0 Å². The molecule has 0 aliphatic heterocycles. The zero-order valence-electron chi connectivity index (χ0n) is 8.56. The SMILES string of the molecule is CC(O)COCC(C)OC(C)CO. The van der Waals surface area contributed by atoms with E-state index in [0.29, 0.717) is 13.2 Å². The number of hydrogen-bond donors (Lipinski definition) is 2. The smallest absolute Gasteiger partial charge is 0.0785 e. The highest BCUT2D eigenvalue weighted by Crippen LogP contribution is 1.98. The average Bonchev–Trinajstić information content (AvgIpc) is 2.03. The van der Waals surface area contributed by atoms with Gasteiger partial charge in [-0.15, -0.1) is 0 Å². The minimum absolute atomic E-state index is 0.0146. The maximum atomic E-state index is 8.89. The van der Waals surface area contributed by atoms with E-state index in [4.69, 9.17) is 19.7 Å². The van der Waals surface area contributed by atoms with Crippen molar-refractivity contribution < 1.29 is 19.7 Å². The second-order valence-corrected chi connectivity index (χ2v) is 3.33. The van der Waals surface area contributed by atoms with Crippen LogP contribution in [0.5, 0.6) is 0 Å². The van der Waals surface area contributed by atoms with Crippen molar-refractivity contribution in [1.82, 2.24) is 0 Å². The zero-order chi connectivity index (χ0) is 10.3. The molecule has 4 heteroatoms. The molecule has 0 aromatic rings. The summed E-state index contributed by atoms with van der Waals surface area (Å²) in [5.41, 5.74) is 0. The Morgan fingerprint density at radius 3 is 2.15 bits per heavy atom. The first-order valence-corrected chi connectivity index (χ1v) is 4.58. The Bertz CT molecular complexity index is 116. The summed E-state index contributed by atoms with van der Waals surface area (Å²) < 4.78 is 10.5. The molecule has 0 aromatic carbocycles. The fourth-order valence-corrected chi connectivity index (χ4v) is 0.883. The molecule has 3 unspecified atom stereocenters. The summed E-state index contributed by atoms with van der Waals surface area (Å²) in [5.74, 6) is 0. The minimum atomic E-state index is -0.442. The van der Waals surface area contributed by atoms with Crippen LogP contribution in [0.3, 0.4) is 0 Å². The molecule has 2 N–H and O–H groups in total. The second-order valence-electron chi connectivity index (χ2n) is 3.33. The molecule has 0 heterocycles. The van der Waals surface area contributed by atoms with E-state index in [1.807, 2.05) is 6.92 Å². The Labute approximate surface area is 79.5 Å². The Hall–Kier alpha value is -0.160. The summed E-state index contributed by atoms with van der Waals surface area (Å²) in [5, 5.41) is 17.6. The normalized spacial score (nSPS) is 18.2. The van der Waals surface area contributed by atoms with Gasteiger partial charge in [0, 0.05) is 0 Å². The van der Waals surface area contributed by atoms with Gasteiger partial charge in [0.1, 0.15) is 0 Å². The summed E-state index contributed by atoms with van der Waals surface area (Å²) in [7, 11) is 0. The summed E-state index contributed by atoms with van der Waals surface area (Å²) >= 11 is 0. The molecule has 3 atom stereocenters. The van der Waals surface area contributed by atoms with Gasteiger partial charge in [-0.25, -0.2) is 0 Å². The molecule has 0 aliphatic rings. The molecule has 0 saturated carbocycles. The molecule has 0 saturated heterocycles. The Morgan fingerprint density at radius 2 is 1.69 bits per heavy atom. The van der Waals surface area contributed by atoms with Gasteiger partial charge in [-0.3, -0.25) is 0 Å². The summed E-state index contributed by atoms with van der Waals surface area (Å²) in [6.45, 7) is 6.11. The van der Waals surface area contributed by atoms with Crippen LogP contribution in [0.15, 0.2) is 0 Å². The van der Waals surface area contributed by atoms with E-state index in [2.05, 4.69) is 0 Å². The van der Waals surface area contributed by atoms with Crippen molar-refractivity contribution in [3.05, 3.63) is 0 Å². The number of hydrogen-bond acceptors (Lipinski definition) is 4. The molecule has 4 nitrogen and oxygen atoms in total. The zero-order valence-corrected chi connectivity index (χ0v) is 8.56. The van der Waals surface area contributed by atoms with Gasteiger partial charge in [0.15, 0.2) is 0 Å². The molecule has 0 bridgehead atoms. The van der Waals surface area contributed by atoms with Gasteiger partial charge in [0.2, 0.25) is 0 Å². The van der Waals surface area contributed by atoms with Crippen LogP contribution < -0.4 is 0 Å². The first kappa shape index (κ1) is 12.8. The summed E-state index contributed by atoms with van der Waals surface area (Å²) in [6.07, 6.45) is -0.659. The molecule has 0 spiro atoms. The van der Waals surface area contributed by atoms with Gasteiger partial charge in [-0.05, 0) is 20.8 Å². The van der Waals surface area contributed by atoms with Crippen LogP contribution in [0.4, 0.5) is 0 Å². The van der Waals surface area contributed by atoms with Gasteiger partial charge >= 0.3 is 0 Å². The third-order valence-corrected chi connectivity index (χ3v) is 1.43. The van der Waals surface area contributed by atoms with Crippen LogP contribution >= 0.6 is 0 Å². The number of rotatable bonds is 7. The Balaban J connectivity index is 3.34. The van der Waals surface area contributed by atoms with Crippen LogP contribution in [0.25, 0.3) is 0 Å². The topological polar surface area (TPSA) is 58.9 Å². The standard InChI is InChI=1S/C9H20O4/c1-7(11)5-12-6-9(3)13-8(2)4-10/h7-11H,4-6H2,1-3H3. The fourth-order valence-electron chi connectivity index (χ4n) is 0.883. The second kappa shape index (κ2) is 7.26. The van der Waals surface area contributed by atoms with Crippen LogP contribution in [0.1, 0.15) is 20.8 Å². The Morgan fingerprint density at radius 1 is 1.08 bits per heavy atom. The molecule has 0 amide bonds. The van der Waals surface area contributed by atoms with Gasteiger partial charge in [0.25, 0.3) is 0 Å². The summed E-state index contributed by atoms with van der Waals surface area (Å²) in [6, 6.07) is 0. The van der Waals surface area contributed by atoms with Crippen molar-refractivity contribution in [1.29, 1.82) is 0 Å². The highest BCUT2D eigenvalue weighted by Gasteiger charge is 2.07. The van der Waals surface area contributed by atoms with Crippen LogP contribution in [-0.2, 0) is 9.47 Å². The van der Waals surface area contributed by atoms with E-state index in [-0.39, 0.29) is 18.8 Å². The predicted octanol–water partition coefficient (Wildman–Crippen LogP) is 0.170. The van der Waals surface area contributed by atoms with Crippen LogP contribution in [-0.4, -0.2) is 48.3 Å². The monoisotopic (exact) mass is 192 g/mol. The van der Waals surface area contributed by atoms with E-state index in [0.717, 1.165) is 0 Å². The lowest BCUT2D eigenvalue weighted by atomic mass is 10.4. The molecular weight excluding hydrogens is 172 g/mol. The van der Waals surface area contributed by atoms with Crippen molar-refractivity contribution in [3.63, 3.8) is 0 Å². The molecule has 0 aromatic heterocycles. The van der Waals surface area contributed by atoms with Gasteiger partial charge in [0.05, 0.1) is 38.1 Å².